The van der Waals surface area contributed by atoms with Gasteiger partial charge >= 0.3 is 0 Å². The summed E-state index contributed by atoms with van der Waals surface area (Å²) < 4.78 is 5.32. The maximum Gasteiger partial charge on any atom is 0.292 e. The largest absolute Gasteiger partial charge is 0.346 e. The first-order valence-electron chi connectivity index (χ1n) is 8.02. The van der Waals surface area contributed by atoms with Gasteiger partial charge in [-0.3, -0.25) is 4.79 Å². The van der Waals surface area contributed by atoms with Crippen molar-refractivity contribution in [2.24, 2.45) is 0 Å². The quantitative estimate of drug-likeness (QED) is 0.909. The highest BCUT2D eigenvalue weighted by Crippen LogP contribution is 2.35. The number of anilines is 1. The van der Waals surface area contributed by atoms with Crippen molar-refractivity contribution in [2.75, 3.05) is 11.4 Å². The summed E-state index contributed by atoms with van der Waals surface area (Å²) in [7, 11) is 0. The van der Waals surface area contributed by atoms with E-state index in [2.05, 4.69) is 26.5 Å². The Balaban J connectivity index is 1.58. The first-order chi connectivity index (χ1) is 11.8. The molecular formula is C16H16N6O2. The second kappa shape index (κ2) is 5.92. The van der Waals surface area contributed by atoms with Crippen molar-refractivity contribution in [1.82, 2.24) is 20.4 Å². The molecule has 8 nitrogen and oxygen atoms in total. The lowest BCUT2D eigenvalue weighted by Gasteiger charge is -2.23. The van der Waals surface area contributed by atoms with E-state index in [1.807, 2.05) is 4.90 Å². The fourth-order valence-corrected chi connectivity index (χ4v) is 2.93. The predicted molar refractivity (Wildman–Crippen MR) is 83.1 cm³/mol. The number of amides is 1. The van der Waals surface area contributed by atoms with Crippen molar-refractivity contribution >= 4 is 11.7 Å². The predicted octanol–water partition coefficient (Wildman–Crippen LogP) is 1.57. The van der Waals surface area contributed by atoms with Gasteiger partial charge in [-0.15, -0.1) is 0 Å². The molecule has 1 N–H and O–H groups in total. The van der Waals surface area contributed by atoms with Gasteiger partial charge in [0.25, 0.3) is 11.7 Å². The average molecular weight is 324 g/mol. The number of carbonyl (C=O) groups is 1. The minimum atomic E-state index is -0.299. The Kier molecular flexibility index (Phi) is 3.61. The van der Waals surface area contributed by atoms with E-state index in [9.17, 15) is 10.1 Å². The summed E-state index contributed by atoms with van der Waals surface area (Å²) in [6, 6.07) is 5.71. The molecule has 0 radical (unpaired) electrons. The van der Waals surface area contributed by atoms with Crippen molar-refractivity contribution in [3.05, 3.63) is 35.6 Å². The molecule has 1 atom stereocenters. The molecule has 24 heavy (non-hydrogen) atoms. The summed E-state index contributed by atoms with van der Waals surface area (Å²) >= 11 is 0. The van der Waals surface area contributed by atoms with Gasteiger partial charge in [0, 0.05) is 18.8 Å². The zero-order chi connectivity index (χ0) is 16.5. The number of hydrogen-bond acceptors (Lipinski definition) is 7. The van der Waals surface area contributed by atoms with Crippen molar-refractivity contribution in [3.8, 4) is 6.07 Å². The van der Waals surface area contributed by atoms with Gasteiger partial charge in [-0.2, -0.15) is 10.2 Å². The molecule has 0 spiro atoms. The Morgan fingerprint density at radius 3 is 3.08 bits per heavy atom. The maximum atomic E-state index is 12.0. The summed E-state index contributed by atoms with van der Waals surface area (Å²) in [5.41, 5.74) is 0.510. The molecule has 0 aromatic carbocycles. The third-order valence-corrected chi connectivity index (χ3v) is 4.27. The summed E-state index contributed by atoms with van der Waals surface area (Å²) in [5.74, 6) is 0.769. The van der Waals surface area contributed by atoms with E-state index in [4.69, 9.17) is 4.52 Å². The lowest BCUT2D eigenvalue weighted by Crippen LogP contribution is -2.27. The molecule has 4 rings (SSSR count). The third-order valence-electron chi connectivity index (χ3n) is 4.27. The van der Waals surface area contributed by atoms with Crippen LogP contribution in [0, 0.1) is 11.3 Å². The Hall–Kier alpha value is -2.95. The number of aromatic nitrogens is 3. The molecule has 2 fully saturated rings. The molecule has 8 heteroatoms. The fraction of sp³-hybridized carbons (Fsp3) is 0.438. The fourth-order valence-electron chi connectivity index (χ4n) is 2.93. The van der Waals surface area contributed by atoms with Gasteiger partial charge in [-0.25, -0.2) is 4.98 Å². The van der Waals surface area contributed by atoms with Gasteiger partial charge in [0.1, 0.15) is 17.9 Å². The second-order valence-electron chi connectivity index (χ2n) is 6.04. The summed E-state index contributed by atoms with van der Waals surface area (Å²) in [5, 5.41) is 15.9. The highest BCUT2D eigenvalue weighted by Gasteiger charge is 2.34. The van der Waals surface area contributed by atoms with E-state index < -0.39 is 0 Å². The maximum absolute atomic E-state index is 12.0. The Labute approximate surface area is 138 Å². The van der Waals surface area contributed by atoms with Gasteiger partial charge in [-0.1, -0.05) is 5.16 Å². The number of pyridine rings is 1. The van der Waals surface area contributed by atoms with Crippen LogP contribution < -0.4 is 10.2 Å². The van der Waals surface area contributed by atoms with E-state index in [0.29, 0.717) is 17.3 Å². The van der Waals surface area contributed by atoms with Crippen LogP contribution in [0.1, 0.15) is 53.8 Å². The van der Waals surface area contributed by atoms with Crippen LogP contribution in [0.4, 0.5) is 5.82 Å². The summed E-state index contributed by atoms with van der Waals surface area (Å²) in [6.45, 7) is 0.752. The highest BCUT2D eigenvalue weighted by atomic mass is 16.5. The average Bonchev–Trinajstić information content (AvgIpc) is 3.11. The van der Waals surface area contributed by atoms with Crippen LogP contribution in [0.2, 0.25) is 0 Å². The Morgan fingerprint density at radius 1 is 1.42 bits per heavy atom. The van der Waals surface area contributed by atoms with E-state index in [0.717, 1.165) is 32.2 Å². The van der Waals surface area contributed by atoms with Crippen LogP contribution in [0.5, 0.6) is 0 Å². The monoisotopic (exact) mass is 324 g/mol. The molecule has 3 heterocycles. The van der Waals surface area contributed by atoms with Crippen LogP contribution in [0.3, 0.4) is 0 Å². The van der Waals surface area contributed by atoms with Crippen LogP contribution in [-0.2, 0) is 0 Å². The summed E-state index contributed by atoms with van der Waals surface area (Å²) in [6.07, 6.45) is 5.41. The lowest BCUT2D eigenvalue weighted by molar-refractivity contribution is 0.0937. The molecule has 0 bridgehead atoms. The van der Waals surface area contributed by atoms with Crippen LogP contribution in [0.15, 0.2) is 22.9 Å². The highest BCUT2D eigenvalue weighted by molar-refractivity contribution is 5.90. The molecule has 1 saturated heterocycles. The first kappa shape index (κ1) is 14.6. The van der Waals surface area contributed by atoms with E-state index in [1.165, 1.54) is 0 Å². The molecule has 1 aliphatic carbocycles. The van der Waals surface area contributed by atoms with E-state index in [1.54, 1.807) is 18.3 Å². The second-order valence-corrected chi connectivity index (χ2v) is 6.04. The molecule has 1 saturated carbocycles. The molecule has 0 unspecified atom stereocenters. The zero-order valence-corrected chi connectivity index (χ0v) is 13.0. The Morgan fingerprint density at radius 2 is 2.29 bits per heavy atom. The number of rotatable bonds is 4. The molecule has 1 aliphatic heterocycles. The number of hydrogen-bond donors (Lipinski definition) is 1. The molecular weight excluding hydrogens is 308 g/mol. The van der Waals surface area contributed by atoms with Crippen molar-refractivity contribution < 1.29 is 9.32 Å². The van der Waals surface area contributed by atoms with Gasteiger partial charge in [0.2, 0.25) is 5.89 Å². The van der Waals surface area contributed by atoms with Gasteiger partial charge in [0.15, 0.2) is 0 Å². The SMILES string of the molecule is N#Cc1cccnc1N1CCC[C@@H]1c1nc(C(=O)NC2CC2)no1. The minimum Gasteiger partial charge on any atom is -0.346 e. The van der Waals surface area contributed by atoms with Gasteiger partial charge < -0.3 is 14.7 Å². The van der Waals surface area contributed by atoms with Crippen molar-refractivity contribution in [3.63, 3.8) is 0 Å². The minimum absolute atomic E-state index is 0.0604. The first-order valence-corrected chi connectivity index (χ1v) is 8.02. The smallest absolute Gasteiger partial charge is 0.292 e. The van der Waals surface area contributed by atoms with Crippen LogP contribution in [0.25, 0.3) is 0 Å². The third kappa shape index (κ3) is 2.69. The van der Waals surface area contributed by atoms with Gasteiger partial charge in [-0.05, 0) is 37.8 Å². The molecule has 2 aromatic heterocycles. The number of nitriles is 1. The van der Waals surface area contributed by atoms with Gasteiger partial charge in [0.05, 0.1) is 5.56 Å². The number of nitrogens with zero attached hydrogens (tertiary/aromatic N) is 5. The van der Waals surface area contributed by atoms with Crippen LogP contribution in [-0.4, -0.2) is 33.6 Å². The van der Waals surface area contributed by atoms with Crippen molar-refractivity contribution in [1.29, 1.82) is 5.26 Å². The molecule has 122 valence electrons. The zero-order valence-electron chi connectivity index (χ0n) is 13.0. The van der Waals surface area contributed by atoms with E-state index >= 15 is 0 Å². The number of nitrogens with one attached hydrogen (secondary N) is 1. The molecule has 2 aliphatic rings. The standard InChI is InChI=1S/C16H16N6O2/c17-9-10-3-1-7-18-14(10)22-8-2-4-12(22)16-20-13(21-24-16)15(23)19-11-5-6-11/h1,3,7,11-12H,2,4-6,8H2,(H,19,23)/t12-/m1/s1. The topological polar surface area (TPSA) is 108 Å². The summed E-state index contributed by atoms with van der Waals surface area (Å²) in [4.78, 5) is 22.6. The van der Waals surface area contributed by atoms with Crippen LogP contribution >= 0.6 is 0 Å². The number of carbonyl (C=O) groups excluding carboxylic acids is 1. The van der Waals surface area contributed by atoms with E-state index in [-0.39, 0.29) is 23.8 Å². The molecule has 2 aromatic rings. The normalized spacial score (nSPS) is 20.0. The Bertz CT molecular complexity index is 807. The molecule has 1 amide bonds. The lowest BCUT2D eigenvalue weighted by atomic mass is 10.2. The van der Waals surface area contributed by atoms with Crippen molar-refractivity contribution in [2.45, 2.75) is 37.8 Å².